The molecular weight excluding hydrogens is 224 g/mol. The molecule has 1 fully saturated rings. The van der Waals surface area contributed by atoms with E-state index in [1.807, 2.05) is 0 Å². The summed E-state index contributed by atoms with van der Waals surface area (Å²) >= 11 is 0. The van der Waals surface area contributed by atoms with Gasteiger partial charge in [-0.2, -0.15) is 0 Å². The van der Waals surface area contributed by atoms with E-state index in [0.717, 1.165) is 25.8 Å². The van der Waals surface area contributed by atoms with Gasteiger partial charge in [0.05, 0.1) is 5.25 Å². The zero-order chi connectivity index (χ0) is 12.2. The standard InChI is InChI=1S/C11H24N2O2S/c1-4-10(2)9-13(3)16(14,15)11-6-5-7-12-8-11/h10-12H,4-9H2,1-3H3. The van der Waals surface area contributed by atoms with Crippen molar-refractivity contribution in [1.82, 2.24) is 9.62 Å². The van der Waals surface area contributed by atoms with Gasteiger partial charge in [-0.3, -0.25) is 0 Å². The summed E-state index contributed by atoms with van der Waals surface area (Å²) in [5, 5.41) is 2.93. The molecule has 2 unspecified atom stereocenters. The van der Waals surface area contributed by atoms with E-state index >= 15 is 0 Å². The van der Waals surface area contributed by atoms with E-state index < -0.39 is 10.0 Å². The highest BCUT2D eigenvalue weighted by Gasteiger charge is 2.31. The molecule has 0 bridgehead atoms. The first-order chi connectivity index (χ1) is 7.48. The van der Waals surface area contributed by atoms with Crippen molar-refractivity contribution >= 4 is 10.0 Å². The first-order valence-corrected chi connectivity index (χ1v) is 7.64. The van der Waals surface area contributed by atoms with Crippen molar-refractivity contribution < 1.29 is 8.42 Å². The Bertz CT molecular complexity index is 297. The third-order valence-electron chi connectivity index (χ3n) is 3.37. The molecule has 0 saturated carbocycles. The van der Waals surface area contributed by atoms with Crippen LogP contribution in [0.15, 0.2) is 0 Å². The summed E-state index contributed by atoms with van der Waals surface area (Å²) in [6, 6.07) is 0. The Kier molecular flexibility index (Phi) is 5.21. The lowest BCUT2D eigenvalue weighted by Gasteiger charge is -2.28. The molecule has 5 heteroatoms. The Hall–Kier alpha value is -0.130. The molecule has 1 heterocycles. The van der Waals surface area contributed by atoms with E-state index in [2.05, 4.69) is 19.2 Å². The first-order valence-electron chi connectivity index (χ1n) is 6.14. The minimum absolute atomic E-state index is 0.227. The lowest BCUT2D eigenvalue weighted by molar-refractivity contribution is 0.379. The van der Waals surface area contributed by atoms with Gasteiger partial charge in [0.2, 0.25) is 10.0 Å². The van der Waals surface area contributed by atoms with Gasteiger partial charge >= 0.3 is 0 Å². The summed E-state index contributed by atoms with van der Waals surface area (Å²) < 4.78 is 26.0. The Morgan fingerprint density at radius 1 is 1.50 bits per heavy atom. The van der Waals surface area contributed by atoms with Gasteiger partial charge in [-0.15, -0.1) is 0 Å². The van der Waals surface area contributed by atoms with E-state index in [-0.39, 0.29) is 5.25 Å². The molecule has 1 aliphatic rings. The van der Waals surface area contributed by atoms with Crippen LogP contribution >= 0.6 is 0 Å². The van der Waals surface area contributed by atoms with Gasteiger partial charge < -0.3 is 5.32 Å². The maximum absolute atomic E-state index is 12.2. The van der Waals surface area contributed by atoms with Crippen LogP contribution in [0, 0.1) is 5.92 Å². The number of rotatable bonds is 5. The van der Waals surface area contributed by atoms with Crippen molar-refractivity contribution in [1.29, 1.82) is 0 Å². The Morgan fingerprint density at radius 2 is 2.19 bits per heavy atom. The third-order valence-corrected chi connectivity index (χ3v) is 5.64. The number of sulfonamides is 1. The van der Waals surface area contributed by atoms with E-state index in [1.165, 1.54) is 0 Å². The second-order valence-corrected chi connectivity index (χ2v) is 7.13. The zero-order valence-electron chi connectivity index (χ0n) is 10.6. The fourth-order valence-electron chi connectivity index (χ4n) is 2.00. The highest BCUT2D eigenvalue weighted by Crippen LogP contribution is 2.16. The predicted octanol–water partition coefficient (Wildman–Crippen LogP) is 1.05. The minimum Gasteiger partial charge on any atom is -0.315 e. The lowest BCUT2D eigenvalue weighted by atomic mass is 10.1. The van der Waals surface area contributed by atoms with E-state index in [1.54, 1.807) is 11.4 Å². The van der Waals surface area contributed by atoms with E-state index in [4.69, 9.17) is 0 Å². The Morgan fingerprint density at radius 3 is 2.69 bits per heavy atom. The van der Waals surface area contributed by atoms with Crippen LogP contribution in [-0.2, 0) is 10.0 Å². The fraction of sp³-hybridized carbons (Fsp3) is 1.00. The van der Waals surface area contributed by atoms with Gasteiger partial charge in [0, 0.05) is 20.1 Å². The van der Waals surface area contributed by atoms with E-state index in [9.17, 15) is 8.42 Å². The highest BCUT2D eigenvalue weighted by molar-refractivity contribution is 7.89. The summed E-state index contributed by atoms with van der Waals surface area (Å²) in [5.41, 5.74) is 0. The summed E-state index contributed by atoms with van der Waals surface area (Å²) in [6.07, 6.45) is 2.77. The average molecular weight is 248 g/mol. The van der Waals surface area contributed by atoms with Crippen molar-refractivity contribution in [3.05, 3.63) is 0 Å². The summed E-state index contributed by atoms with van der Waals surface area (Å²) in [7, 11) is -1.39. The quantitative estimate of drug-likeness (QED) is 0.791. The Balaban J connectivity index is 2.61. The molecule has 96 valence electrons. The van der Waals surface area contributed by atoms with Crippen LogP contribution in [0.3, 0.4) is 0 Å². The Labute approximate surface area is 99.5 Å². The molecule has 0 aromatic rings. The molecule has 0 aliphatic carbocycles. The van der Waals surface area contributed by atoms with Crippen LogP contribution in [0.5, 0.6) is 0 Å². The van der Waals surface area contributed by atoms with Crippen LogP contribution in [-0.4, -0.2) is 44.7 Å². The van der Waals surface area contributed by atoms with Gasteiger partial charge in [-0.1, -0.05) is 20.3 Å². The van der Waals surface area contributed by atoms with Gasteiger partial charge in [0.1, 0.15) is 0 Å². The molecule has 2 atom stereocenters. The summed E-state index contributed by atoms with van der Waals surface area (Å²) in [6.45, 7) is 6.36. The summed E-state index contributed by atoms with van der Waals surface area (Å²) in [5.74, 6) is 0.427. The topological polar surface area (TPSA) is 49.4 Å². The smallest absolute Gasteiger partial charge is 0.217 e. The second kappa shape index (κ2) is 5.98. The van der Waals surface area contributed by atoms with E-state index in [0.29, 0.717) is 19.0 Å². The van der Waals surface area contributed by atoms with Crippen molar-refractivity contribution in [2.75, 3.05) is 26.7 Å². The first kappa shape index (κ1) is 13.9. The molecule has 1 N–H and O–H groups in total. The molecule has 16 heavy (non-hydrogen) atoms. The van der Waals surface area contributed by atoms with Crippen LogP contribution in [0.4, 0.5) is 0 Å². The fourth-order valence-corrected chi connectivity index (χ4v) is 3.76. The molecule has 1 aliphatic heterocycles. The maximum atomic E-state index is 12.2. The molecule has 0 amide bonds. The molecule has 0 aromatic heterocycles. The van der Waals surface area contributed by atoms with Crippen LogP contribution in [0.1, 0.15) is 33.1 Å². The molecule has 0 aromatic carbocycles. The van der Waals surface area contributed by atoms with Crippen LogP contribution < -0.4 is 5.32 Å². The average Bonchev–Trinajstić information content (AvgIpc) is 2.29. The minimum atomic E-state index is -3.10. The van der Waals surface area contributed by atoms with Gasteiger partial charge in [-0.25, -0.2) is 12.7 Å². The SMILES string of the molecule is CCC(C)CN(C)S(=O)(=O)C1CCCNC1. The van der Waals surface area contributed by atoms with Crippen LogP contribution in [0.25, 0.3) is 0 Å². The molecule has 1 saturated heterocycles. The largest absolute Gasteiger partial charge is 0.315 e. The second-order valence-electron chi connectivity index (χ2n) is 4.81. The van der Waals surface area contributed by atoms with Crippen molar-refractivity contribution in [3.8, 4) is 0 Å². The van der Waals surface area contributed by atoms with Gasteiger partial charge in [0.25, 0.3) is 0 Å². The lowest BCUT2D eigenvalue weighted by Crippen LogP contribution is -2.45. The maximum Gasteiger partial charge on any atom is 0.217 e. The van der Waals surface area contributed by atoms with Crippen molar-refractivity contribution in [2.24, 2.45) is 5.92 Å². The van der Waals surface area contributed by atoms with Crippen molar-refractivity contribution in [2.45, 2.75) is 38.4 Å². The third kappa shape index (κ3) is 3.43. The number of nitrogens with one attached hydrogen (secondary N) is 1. The highest BCUT2D eigenvalue weighted by atomic mass is 32.2. The van der Waals surface area contributed by atoms with Crippen molar-refractivity contribution in [3.63, 3.8) is 0 Å². The van der Waals surface area contributed by atoms with Gasteiger partial charge in [-0.05, 0) is 25.3 Å². The van der Waals surface area contributed by atoms with Gasteiger partial charge in [0.15, 0.2) is 0 Å². The summed E-state index contributed by atoms with van der Waals surface area (Å²) in [4.78, 5) is 0. The zero-order valence-corrected chi connectivity index (χ0v) is 11.4. The number of hydrogen-bond acceptors (Lipinski definition) is 3. The molecular formula is C11H24N2O2S. The number of piperidine rings is 1. The monoisotopic (exact) mass is 248 g/mol. The molecule has 1 rings (SSSR count). The predicted molar refractivity (Wildman–Crippen MR) is 66.9 cm³/mol. The molecule has 4 nitrogen and oxygen atoms in total. The number of hydrogen-bond donors (Lipinski definition) is 1. The number of nitrogens with zero attached hydrogens (tertiary/aromatic N) is 1. The molecule has 0 spiro atoms. The normalized spacial score (nSPS) is 24.6. The molecule has 0 radical (unpaired) electrons. The van der Waals surface area contributed by atoms with Crippen LogP contribution in [0.2, 0.25) is 0 Å².